The van der Waals surface area contributed by atoms with Crippen molar-refractivity contribution in [3.05, 3.63) is 110 Å². The maximum atomic E-state index is 10.7. The van der Waals surface area contributed by atoms with E-state index in [-0.39, 0.29) is 5.69 Å². The molecule has 0 bridgehead atoms. The van der Waals surface area contributed by atoms with Gasteiger partial charge in [0.05, 0.1) is 15.2 Å². The molecule has 0 spiro atoms. The fourth-order valence-corrected chi connectivity index (χ4v) is 2.17. The maximum Gasteiger partial charge on any atom is 0.269 e. The molecule has 3 aromatic carbocycles. The van der Waals surface area contributed by atoms with Gasteiger partial charge in [0.1, 0.15) is 5.69 Å². The molecule has 3 aromatic rings. The van der Waals surface area contributed by atoms with Crippen LogP contribution in [0.4, 0.5) is 22.7 Å². The zero-order chi connectivity index (χ0) is 20.4. The van der Waals surface area contributed by atoms with Crippen molar-refractivity contribution in [2.45, 2.75) is 0 Å². The Morgan fingerprint density at radius 2 is 1.07 bits per heavy atom. The molecule has 0 heterocycles. The van der Waals surface area contributed by atoms with Gasteiger partial charge in [0.25, 0.3) is 5.69 Å². The van der Waals surface area contributed by atoms with Crippen molar-refractivity contribution in [1.82, 2.24) is 4.70 Å². The first kappa shape index (κ1) is 20.0. The number of hydrogen-bond acceptors (Lipinski definition) is 6. The standard InChI is InChI=1S/C18H14N4O2.NO3/c23-22(24)18-13-11-15(12-14-18)19-20-21(16-7-3-1-4-8-16)17-9-5-2-6-10-17;2-1(3)4/h1-14H;/q;-1/p+1. The van der Waals surface area contributed by atoms with E-state index in [0.717, 1.165) is 11.4 Å². The summed E-state index contributed by atoms with van der Waals surface area (Å²) in [4.78, 5) is 18.5. The lowest BCUT2D eigenvalue weighted by Crippen LogP contribution is -2.04. The number of nitrogens with one attached hydrogen (secondary N) is 1. The fraction of sp³-hybridized carbons (Fsp3) is 0. The molecule has 28 heavy (non-hydrogen) atoms. The van der Waals surface area contributed by atoms with Crippen LogP contribution < -0.4 is 10.1 Å². The highest BCUT2D eigenvalue weighted by Gasteiger charge is 2.11. The average molecular weight is 381 g/mol. The van der Waals surface area contributed by atoms with E-state index in [9.17, 15) is 10.1 Å². The van der Waals surface area contributed by atoms with E-state index >= 15 is 0 Å². The van der Waals surface area contributed by atoms with Gasteiger partial charge in [0.15, 0.2) is 11.4 Å². The number of benzene rings is 3. The van der Waals surface area contributed by atoms with Crippen molar-refractivity contribution in [1.29, 1.82) is 0 Å². The number of nitro groups is 1. The summed E-state index contributed by atoms with van der Waals surface area (Å²) >= 11 is 0. The molecule has 0 aliphatic rings. The molecule has 1 N–H and O–H groups in total. The molecule has 0 saturated carbocycles. The van der Waals surface area contributed by atoms with Gasteiger partial charge in [-0.1, -0.05) is 41.1 Å². The van der Waals surface area contributed by atoms with E-state index in [4.69, 9.17) is 15.3 Å². The number of hydrogen-bond donors (Lipinski definition) is 1. The molecule has 0 amide bonds. The molecule has 10 nitrogen and oxygen atoms in total. The number of nitrogens with zero attached hydrogens (tertiary/aromatic N) is 4. The molecule has 0 fully saturated rings. The molecule has 0 atom stereocenters. The number of rotatable bonds is 5. The maximum absolute atomic E-state index is 10.7. The van der Waals surface area contributed by atoms with Gasteiger partial charge in [0, 0.05) is 12.1 Å². The largest absolute Gasteiger partial charge is 0.356 e. The number of non-ortho nitro benzene ring substituents is 1. The van der Waals surface area contributed by atoms with Gasteiger partial charge in [0.2, 0.25) is 0 Å². The van der Waals surface area contributed by atoms with E-state index in [1.165, 1.54) is 12.1 Å². The molecule has 3 rings (SSSR count). The molecule has 0 saturated heterocycles. The fourth-order valence-electron chi connectivity index (χ4n) is 2.17. The van der Waals surface area contributed by atoms with Gasteiger partial charge in [-0.25, -0.2) is 0 Å². The predicted molar refractivity (Wildman–Crippen MR) is 104 cm³/mol. The summed E-state index contributed by atoms with van der Waals surface area (Å²) in [6, 6.07) is 25.6. The molecule has 0 aromatic heterocycles. The minimum Gasteiger partial charge on any atom is -0.356 e. The molecule has 142 valence electrons. The topological polar surface area (TPSA) is 137 Å². The Hall–Kier alpha value is -4.34. The van der Waals surface area contributed by atoms with Gasteiger partial charge in [-0.15, -0.1) is 5.43 Å². The average Bonchev–Trinajstić information content (AvgIpc) is 2.70. The van der Waals surface area contributed by atoms with E-state index in [2.05, 4.69) is 10.6 Å². The van der Waals surface area contributed by atoms with E-state index in [1.54, 1.807) is 16.8 Å². The van der Waals surface area contributed by atoms with E-state index < -0.39 is 10.0 Å². The van der Waals surface area contributed by atoms with E-state index in [1.807, 2.05) is 60.7 Å². The second-order valence-corrected chi connectivity index (χ2v) is 5.22. The van der Waals surface area contributed by atoms with Crippen LogP contribution >= 0.6 is 0 Å². The van der Waals surface area contributed by atoms with Crippen molar-refractivity contribution in [2.24, 2.45) is 5.22 Å². The Morgan fingerprint density at radius 1 is 0.643 bits per heavy atom. The van der Waals surface area contributed by atoms with Gasteiger partial charge in [-0.3, -0.25) is 10.1 Å². The molecule has 0 unspecified atom stereocenters. The lowest BCUT2D eigenvalue weighted by atomic mass is 10.2. The van der Waals surface area contributed by atoms with Crippen LogP contribution in [0.5, 0.6) is 0 Å². The smallest absolute Gasteiger partial charge is 0.269 e. The highest BCUT2D eigenvalue weighted by atomic mass is 16.9. The quantitative estimate of drug-likeness (QED) is 0.295. The first-order valence-electron chi connectivity index (χ1n) is 7.90. The second kappa shape index (κ2) is 9.97. The Kier molecular flexibility index (Phi) is 7.11. The van der Waals surface area contributed by atoms with Crippen LogP contribution in [0, 0.1) is 25.4 Å². The Labute approximate surface area is 159 Å². The predicted octanol–water partition coefficient (Wildman–Crippen LogP) is 4.67. The first-order valence-corrected chi connectivity index (χ1v) is 7.90. The Bertz CT molecular complexity index is 902. The monoisotopic (exact) mass is 381 g/mol. The van der Waals surface area contributed by atoms with Crippen LogP contribution in [0.1, 0.15) is 0 Å². The number of para-hydroxylation sites is 2. The minimum atomic E-state index is -1.75. The third-order valence-corrected chi connectivity index (χ3v) is 3.36. The summed E-state index contributed by atoms with van der Waals surface area (Å²) in [5, 5.41) is 29.9. The molecule has 10 heteroatoms. The SMILES string of the molecule is O=[N+]([O-])[O-].O=[N+]([O-])c1ccc(NN=[N+](c2ccccc2)c2ccccc2)cc1. The number of anilines is 1. The normalized spacial score (nSPS) is 9.43. The van der Waals surface area contributed by atoms with Crippen LogP contribution in [-0.2, 0) is 0 Å². The Morgan fingerprint density at radius 3 is 1.46 bits per heavy atom. The second-order valence-electron chi connectivity index (χ2n) is 5.22. The van der Waals surface area contributed by atoms with Gasteiger partial charge in [-0.05, 0) is 36.4 Å². The van der Waals surface area contributed by atoms with Crippen molar-refractivity contribution in [3.63, 3.8) is 0 Å². The Balaban J connectivity index is 0.000000640. The van der Waals surface area contributed by atoms with Crippen molar-refractivity contribution < 1.29 is 10.0 Å². The summed E-state index contributed by atoms with van der Waals surface area (Å²) in [5.74, 6) is 0. The van der Waals surface area contributed by atoms with Crippen molar-refractivity contribution >= 4 is 22.7 Å². The van der Waals surface area contributed by atoms with Gasteiger partial charge >= 0.3 is 0 Å². The molecule has 0 aliphatic carbocycles. The summed E-state index contributed by atoms with van der Waals surface area (Å²) < 4.78 is 1.77. The third-order valence-electron chi connectivity index (χ3n) is 3.36. The van der Waals surface area contributed by atoms with Crippen molar-refractivity contribution in [2.75, 3.05) is 5.43 Å². The lowest BCUT2D eigenvalue weighted by Gasteiger charge is -2.03. The summed E-state index contributed by atoms with van der Waals surface area (Å²) in [6.45, 7) is 0. The van der Waals surface area contributed by atoms with Crippen LogP contribution in [-0.4, -0.2) is 10.0 Å². The molecule has 0 aliphatic heterocycles. The zero-order valence-electron chi connectivity index (χ0n) is 14.4. The highest BCUT2D eigenvalue weighted by Crippen LogP contribution is 2.21. The van der Waals surface area contributed by atoms with Crippen LogP contribution in [0.15, 0.2) is 90.2 Å². The molecular formula is C18H15N5O5. The van der Waals surface area contributed by atoms with E-state index in [0.29, 0.717) is 5.69 Å². The first-order chi connectivity index (χ1) is 13.5. The molecule has 0 radical (unpaired) electrons. The molecular weight excluding hydrogens is 366 g/mol. The highest BCUT2D eigenvalue weighted by molar-refractivity contribution is 5.51. The summed E-state index contributed by atoms with van der Waals surface area (Å²) in [7, 11) is 0. The van der Waals surface area contributed by atoms with Gasteiger partial charge < -0.3 is 15.3 Å². The lowest BCUT2D eigenvalue weighted by molar-refractivity contribution is -0.402. The number of nitro benzene ring substituents is 1. The third kappa shape index (κ3) is 6.19. The van der Waals surface area contributed by atoms with Crippen LogP contribution in [0.2, 0.25) is 0 Å². The zero-order valence-corrected chi connectivity index (χ0v) is 14.4. The van der Waals surface area contributed by atoms with Crippen LogP contribution in [0.3, 0.4) is 0 Å². The van der Waals surface area contributed by atoms with Gasteiger partial charge in [-0.2, -0.15) is 0 Å². The van der Waals surface area contributed by atoms with Crippen LogP contribution in [0.25, 0.3) is 0 Å². The van der Waals surface area contributed by atoms with Crippen molar-refractivity contribution in [3.8, 4) is 0 Å². The minimum absolute atomic E-state index is 0.0449. The summed E-state index contributed by atoms with van der Waals surface area (Å²) in [6.07, 6.45) is 0. The summed E-state index contributed by atoms with van der Waals surface area (Å²) in [5.41, 5.74) is 5.45.